The van der Waals surface area contributed by atoms with E-state index in [1.54, 1.807) is 0 Å². The van der Waals surface area contributed by atoms with Gasteiger partial charge < -0.3 is 4.74 Å². The maximum Gasteiger partial charge on any atom is 0.141 e. The second-order valence-corrected chi connectivity index (χ2v) is 15.2. The number of hydrogen-bond donors (Lipinski definition) is 0. The van der Waals surface area contributed by atoms with E-state index >= 15 is 0 Å². The molecule has 1 saturated carbocycles. The quantitative estimate of drug-likeness (QED) is 0.525. The van der Waals surface area contributed by atoms with Gasteiger partial charge in [0.1, 0.15) is 5.78 Å². The van der Waals surface area contributed by atoms with Crippen LogP contribution in [0, 0.1) is 11.3 Å². The Morgan fingerprint density at radius 1 is 1.09 bits per heavy atom. The van der Waals surface area contributed by atoms with E-state index in [1.807, 2.05) is 6.92 Å². The Balaban J connectivity index is 3.15. The number of Topliss-reactive ketones (excluding diaryl/α,β-unsaturated/α-hetero) is 1. The van der Waals surface area contributed by atoms with Gasteiger partial charge in [-0.3, -0.25) is 4.79 Å². The topological polar surface area (TPSA) is 26.3 Å². The van der Waals surface area contributed by atoms with Crippen LogP contribution in [0.5, 0.6) is 0 Å². The summed E-state index contributed by atoms with van der Waals surface area (Å²) in [6.45, 7) is 21.6. The SMILES string of the molecule is CCOC1CC(=O)C(C)(C)C(C[Si](C(C)C)(C(C)C)C(C)C)C1. The highest BCUT2D eigenvalue weighted by Gasteiger charge is 2.50. The first kappa shape index (κ1) is 20.9. The lowest BCUT2D eigenvalue weighted by Gasteiger charge is -2.50. The van der Waals surface area contributed by atoms with Crippen molar-refractivity contribution in [3.63, 3.8) is 0 Å². The standard InChI is InChI=1S/C20H40O2Si/c1-10-22-18-11-17(20(8,9)19(21)12-18)13-23(14(2)3,15(4)5)16(6)7/h14-18H,10-13H2,1-9H3. The summed E-state index contributed by atoms with van der Waals surface area (Å²) in [5.41, 5.74) is 2.06. The molecule has 2 atom stereocenters. The van der Waals surface area contributed by atoms with Crippen LogP contribution < -0.4 is 0 Å². The molecule has 0 radical (unpaired) electrons. The van der Waals surface area contributed by atoms with Crippen LogP contribution in [0.2, 0.25) is 22.7 Å². The molecule has 0 spiro atoms. The zero-order chi connectivity index (χ0) is 18.0. The summed E-state index contributed by atoms with van der Waals surface area (Å²) >= 11 is 0. The molecule has 0 aromatic heterocycles. The summed E-state index contributed by atoms with van der Waals surface area (Å²) in [5, 5.41) is 0. The Hall–Kier alpha value is -0.153. The van der Waals surface area contributed by atoms with Crippen molar-refractivity contribution in [1.82, 2.24) is 0 Å². The number of ketones is 1. The lowest BCUT2D eigenvalue weighted by Crippen LogP contribution is -2.51. The van der Waals surface area contributed by atoms with Crippen molar-refractivity contribution < 1.29 is 9.53 Å². The Kier molecular flexibility index (Phi) is 7.10. The van der Waals surface area contributed by atoms with Crippen molar-refractivity contribution in [3.05, 3.63) is 0 Å². The zero-order valence-electron chi connectivity index (χ0n) is 17.0. The molecule has 1 aliphatic carbocycles. The maximum absolute atomic E-state index is 12.7. The monoisotopic (exact) mass is 340 g/mol. The van der Waals surface area contributed by atoms with Crippen molar-refractivity contribution in [2.75, 3.05) is 6.61 Å². The smallest absolute Gasteiger partial charge is 0.141 e. The van der Waals surface area contributed by atoms with Gasteiger partial charge in [0.15, 0.2) is 0 Å². The van der Waals surface area contributed by atoms with Crippen LogP contribution in [0.1, 0.15) is 75.2 Å². The van der Waals surface area contributed by atoms with Crippen molar-refractivity contribution >= 4 is 13.9 Å². The molecular formula is C20H40O2Si. The molecular weight excluding hydrogens is 300 g/mol. The molecule has 3 heteroatoms. The molecule has 0 aliphatic heterocycles. The molecule has 0 bridgehead atoms. The summed E-state index contributed by atoms with van der Waals surface area (Å²) in [6, 6.07) is 1.27. The molecule has 23 heavy (non-hydrogen) atoms. The first-order valence-corrected chi connectivity index (χ1v) is 12.1. The van der Waals surface area contributed by atoms with E-state index in [4.69, 9.17) is 4.74 Å². The van der Waals surface area contributed by atoms with Gasteiger partial charge in [-0.25, -0.2) is 0 Å². The highest BCUT2D eigenvalue weighted by Crippen LogP contribution is 2.52. The summed E-state index contributed by atoms with van der Waals surface area (Å²) in [6.07, 6.45) is 1.81. The third kappa shape index (κ3) is 4.09. The molecule has 0 amide bonds. The van der Waals surface area contributed by atoms with Gasteiger partial charge in [0.2, 0.25) is 0 Å². The van der Waals surface area contributed by atoms with E-state index in [2.05, 4.69) is 55.4 Å². The first-order chi connectivity index (χ1) is 10.5. The fourth-order valence-electron chi connectivity index (χ4n) is 5.23. The summed E-state index contributed by atoms with van der Waals surface area (Å²) in [5.74, 6) is 0.880. The van der Waals surface area contributed by atoms with Gasteiger partial charge >= 0.3 is 0 Å². The third-order valence-corrected chi connectivity index (χ3v) is 14.6. The molecule has 2 nitrogen and oxygen atoms in total. The molecule has 0 aromatic carbocycles. The third-order valence-electron chi connectivity index (χ3n) is 6.93. The Morgan fingerprint density at radius 2 is 1.57 bits per heavy atom. The van der Waals surface area contributed by atoms with Crippen LogP contribution in [0.3, 0.4) is 0 Å². The molecule has 0 N–H and O–H groups in total. The van der Waals surface area contributed by atoms with Crippen LogP contribution in [0.4, 0.5) is 0 Å². The van der Waals surface area contributed by atoms with Crippen molar-refractivity contribution in [2.24, 2.45) is 11.3 Å². The molecule has 136 valence electrons. The lowest BCUT2D eigenvalue weighted by molar-refractivity contribution is -0.138. The average molecular weight is 341 g/mol. The number of rotatable bonds is 7. The molecule has 0 aromatic rings. The van der Waals surface area contributed by atoms with Gasteiger partial charge in [0, 0.05) is 18.4 Å². The Labute approximate surface area is 145 Å². The van der Waals surface area contributed by atoms with Crippen molar-refractivity contribution in [3.8, 4) is 0 Å². The van der Waals surface area contributed by atoms with Crippen LogP contribution in [-0.4, -0.2) is 26.6 Å². The van der Waals surface area contributed by atoms with E-state index in [9.17, 15) is 4.79 Å². The average Bonchev–Trinajstić information content (AvgIpc) is 2.40. The Morgan fingerprint density at radius 3 is 1.96 bits per heavy atom. The highest BCUT2D eigenvalue weighted by molar-refractivity contribution is 6.83. The summed E-state index contributed by atoms with van der Waals surface area (Å²) in [4.78, 5) is 12.7. The van der Waals surface area contributed by atoms with Gasteiger partial charge in [0.05, 0.1) is 14.2 Å². The molecule has 1 aliphatic rings. The van der Waals surface area contributed by atoms with Crippen molar-refractivity contribution in [1.29, 1.82) is 0 Å². The first-order valence-electron chi connectivity index (χ1n) is 9.64. The zero-order valence-corrected chi connectivity index (χ0v) is 18.0. The minimum Gasteiger partial charge on any atom is -0.378 e. The van der Waals surface area contributed by atoms with E-state index in [-0.39, 0.29) is 11.5 Å². The predicted molar refractivity (Wildman–Crippen MR) is 103 cm³/mol. The van der Waals surface area contributed by atoms with Crippen LogP contribution in [0.25, 0.3) is 0 Å². The predicted octanol–water partition coefficient (Wildman–Crippen LogP) is 6.08. The summed E-state index contributed by atoms with van der Waals surface area (Å²) in [7, 11) is -1.49. The minimum atomic E-state index is -1.49. The number of ether oxygens (including phenoxy) is 1. The molecule has 1 fully saturated rings. The second-order valence-electron chi connectivity index (χ2n) is 9.14. The van der Waals surface area contributed by atoms with Crippen LogP contribution >= 0.6 is 0 Å². The molecule has 1 rings (SSSR count). The van der Waals surface area contributed by atoms with E-state index in [0.717, 1.165) is 23.0 Å². The van der Waals surface area contributed by atoms with Gasteiger partial charge in [-0.15, -0.1) is 0 Å². The number of hydrogen-bond acceptors (Lipinski definition) is 2. The Bertz CT molecular complexity index is 377. The fourth-order valence-corrected chi connectivity index (χ4v) is 12.2. The molecule has 2 unspecified atom stereocenters. The number of carbonyl (C=O) groups excluding carboxylic acids is 1. The normalized spacial score (nSPS) is 25.7. The number of carbonyl (C=O) groups is 1. The summed E-state index contributed by atoms with van der Waals surface area (Å²) < 4.78 is 5.87. The van der Waals surface area contributed by atoms with Gasteiger partial charge in [0.25, 0.3) is 0 Å². The second kappa shape index (κ2) is 7.82. The van der Waals surface area contributed by atoms with E-state index in [1.165, 1.54) is 6.04 Å². The molecule has 0 heterocycles. The van der Waals surface area contributed by atoms with Gasteiger partial charge in [-0.2, -0.15) is 0 Å². The largest absolute Gasteiger partial charge is 0.378 e. The van der Waals surface area contributed by atoms with Crippen LogP contribution in [0.15, 0.2) is 0 Å². The minimum absolute atomic E-state index is 0.142. The highest BCUT2D eigenvalue weighted by atomic mass is 28.3. The lowest BCUT2D eigenvalue weighted by atomic mass is 9.68. The fraction of sp³-hybridized carbons (Fsp3) is 0.950. The van der Waals surface area contributed by atoms with Gasteiger partial charge in [-0.05, 0) is 19.3 Å². The van der Waals surface area contributed by atoms with Crippen LogP contribution in [-0.2, 0) is 9.53 Å². The van der Waals surface area contributed by atoms with Crippen molar-refractivity contribution in [2.45, 2.75) is 104 Å². The van der Waals surface area contributed by atoms with Gasteiger partial charge in [-0.1, -0.05) is 78.1 Å². The molecule has 0 saturated heterocycles. The van der Waals surface area contributed by atoms with E-state index < -0.39 is 8.07 Å². The maximum atomic E-state index is 12.7. The van der Waals surface area contributed by atoms with E-state index in [0.29, 0.717) is 24.7 Å².